The second-order valence-corrected chi connectivity index (χ2v) is 7.46. The average molecular weight is 393 g/mol. The molecule has 0 radical (unpaired) electrons. The van der Waals surface area contributed by atoms with Crippen molar-refractivity contribution < 1.29 is 9.53 Å². The van der Waals surface area contributed by atoms with E-state index in [1.807, 2.05) is 4.57 Å². The van der Waals surface area contributed by atoms with Gasteiger partial charge in [-0.05, 0) is 43.0 Å². The molecule has 1 amide bonds. The number of allylic oxidation sites excluding steroid dienone is 1. The molecule has 8 heteroatoms. The Bertz CT molecular complexity index is 759. The first-order valence-electron chi connectivity index (χ1n) is 8.46. The van der Waals surface area contributed by atoms with Gasteiger partial charge in [0.05, 0.1) is 5.75 Å². The van der Waals surface area contributed by atoms with Crippen LogP contribution in [0.3, 0.4) is 0 Å². The predicted molar refractivity (Wildman–Crippen MR) is 102 cm³/mol. The molecule has 1 aliphatic carbocycles. The molecule has 0 atom stereocenters. The molecule has 0 unspecified atom stereocenters. The van der Waals surface area contributed by atoms with E-state index in [0.717, 1.165) is 6.54 Å². The second kappa shape index (κ2) is 9.09. The van der Waals surface area contributed by atoms with Gasteiger partial charge >= 0.3 is 0 Å². The van der Waals surface area contributed by atoms with Crippen molar-refractivity contribution in [2.24, 2.45) is 5.92 Å². The number of rotatable bonds is 10. The van der Waals surface area contributed by atoms with Crippen molar-refractivity contribution in [2.75, 3.05) is 12.3 Å². The van der Waals surface area contributed by atoms with Crippen LogP contribution in [0, 0.1) is 5.92 Å². The SMILES string of the molecule is C=CCn1c(COc2ccc(Cl)cc2)nnc1SCC(=O)NCC1CC1. The Morgan fingerprint density at radius 1 is 1.38 bits per heavy atom. The number of carbonyl (C=O) groups is 1. The van der Waals surface area contributed by atoms with Crippen LogP contribution in [0.5, 0.6) is 5.75 Å². The molecule has 1 fully saturated rings. The molecular formula is C18H21ClN4O2S. The fourth-order valence-electron chi connectivity index (χ4n) is 2.28. The molecule has 0 spiro atoms. The molecule has 3 rings (SSSR count). The minimum Gasteiger partial charge on any atom is -0.486 e. The van der Waals surface area contributed by atoms with Gasteiger partial charge in [0.1, 0.15) is 12.4 Å². The summed E-state index contributed by atoms with van der Waals surface area (Å²) < 4.78 is 7.64. The van der Waals surface area contributed by atoms with E-state index >= 15 is 0 Å². The van der Waals surface area contributed by atoms with E-state index in [9.17, 15) is 4.79 Å². The first kappa shape index (κ1) is 18.8. The highest BCUT2D eigenvalue weighted by Crippen LogP contribution is 2.27. The summed E-state index contributed by atoms with van der Waals surface area (Å²) in [6.45, 7) is 5.38. The molecule has 0 bridgehead atoms. The van der Waals surface area contributed by atoms with Gasteiger partial charge in [-0.3, -0.25) is 9.36 Å². The molecular weight excluding hydrogens is 372 g/mol. The van der Waals surface area contributed by atoms with E-state index in [2.05, 4.69) is 22.1 Å². The second-order valence-electron chi connectivity index (χ2n) is 6.08. The predicted octanol–water partition coefficient (Wildman–Crippen LogP) is 3.31. The zero-order chi connectivity index (χ0) is 18.4. The Labute approximate surface area is 162 Å². The van der Waals surface area contributed by atoms with Gasteiger partial charge in [-0.1, -0.05) is 29.4 Å². The highest BCUT2D eigenvalue weighted by Gasteiger charge is 2.22. The van der Waals surface area contributed by atoms with Crippen LogP contribution in [0.25, 0.3) is 0 Å². The fraction of sp³-hybridized carbons (Fsp3) is 0.389. The Morgan fingerprint density at radius 2 is 2.15 bits per heavy atom. The van der Waals surface area contributed by atoms with Crippen LogP contribution in [0.15, 0.2) is 42.1 Å². The lowest BCUT2D eigenvalue weighted by molar-refractivity contribution is -0.118. The van der Waals surface area contributed by atoms with E-state index in [1.165, 1.54) is 24.6 Å². The molecule has 1 heterocycles. The van der Waals surface area contributed by atoms with E-state index in [-0.39, 0.29) is 12.5 Å². The number of hydrogen-bond donors (Lipinski definition) is 1. The highest BCUT2D eigenvalue weighted by atomic mass is 35.5. The summed E-state index contributed by atoms with van der Waals surface area (Å²) in [5.41, 5.74) is 0. The number of hydrogen-bond acceptors (Lipinski definition) is 5. The first-order valence-corrected chi connectivity index (χ1v) is 9.83. The molecule has 138 valence electrons. The summed E-state index contributed by atoms with van der Waals surface area (Å²) in [6.07, 6.45) is 4.21. The van der Waals surface area contributed by atoms with Gasteiger partial charge in [0, 0.05) is 18.1 Å². The van der Waals surface area contributed by atoms with Crippen LogP contribution in [0.2, 0.25) is 5.02 Å². The summed E-state index contributed by atoms with van der Waals surface area (Å²) in [6, 6.07) is 7.15. The van der Waals surface area contributed by atoms with Gasteiger partial charge in [-0.2, -0.15) is 0 Å². The largest absolute Gasteiger partial charge is 0.486 e. The minimum absolute atomic E-state index is 0.0222. The number of aromatic nitrogens is 3. The zero-order valence-electron chi connectivity index (χ0n) is 14.4. The monoisotopic (exact) mass is 392 g/mol. The van der Waals surface area contributed by atoms with Crippen molar-refractivity contribution in [3.05, 3.63) is 47.8 Å². The molecule has 1 saturated carbocycles. The normalized spacial score (nSPS) is 13.4. The highest BCUT2D eigenvalue weighted by molar-refractivity contribution is 7.99. The third-order valence-electron chi connectivity index (χ3n) is 3.90. The zero-order valence-corrected chi connectivity index (χ0v) is 15.9. The lowest BCUT2D eigenvalue weighted by Gasteiger charge is -2.09. The summed E-state index contributed by atoms with van der Waals surface area (Å²) >= 11 is 7.24. The molecule has 26 heavy (non-hydrogen) atoms. The quantitative estimate of drug-likeness (QED) is 0.496. The average Bonchev–Trinajstić information content (AvgIpc) is 3.40. The van der Waals surface area contributed by atoms with Crippen molar-refractivity contribution in [1.29, 1.82) is 0 Å². The van der Waals surface area contributed by atoms with Crippen molar-refractivity contribution >= 4 is 29.3 Å². The van der Waals surface area contributed by atoms with E-state index in [0.29, 0.717) is 40.0 Å². The van der Waals surface area contributed by atoms with Crippen molar-refractivity contribution in [1.82, 2.24) is 20.1 Å². The number of carbonyl (C=O) groups excluding carboxylic acids is 1. The summed E-state index contributed by atoms with van der Waals surface area (Å²) in [5.74, 6) is 2.40. The molecule has 1 aromatic heterocycles. The van der Waals surface area contributed by atoms with Crippen molar-refractivity contribution in [2.45, 2.75) is 31.1 Å². The lowest BCUT2D eigenvalue weighted by atomic mass is 10.3. The van der Waals surface area contributed by atoms with Crippen LogP contribution in [-0.2, 0) is 17.9 Å². The van der Waals surface area contributed by atoms with E-state index < -0.39 is 0 Å². The Balaban J connectivity index is 1.56. The molecule has 6 nitrogen and oxygen atoms in total. The molecule has 0 aliphatic heterocycles. The van der Waals surface area contributed by atoms with Gasteiger partial charge in [-0.15, -0.1) is 16.8 Å². The number of ether oxygens (including phenoxy) is 1. The van der Waals surface area contributed by atoms with Gasteiger partial charge < -0.3 is 10.1 Å². The number of benzene rings is 1. The molecule has 2 aromatic rings. The fourth-order valence-corrected chi connectivity index (χ4v) is 3.21. The summed E-state index contributed by atoms with van der Waals surface area (Å²) in [5, 5.41) is 12.7. The molecule has 1 aromatic carbocycles. The number of halogens is 1. The number of nitrogens with zero attached hydrogens (tertiary/aromatic N) is 3. The summed E-state index contributed by atoms with van der Waals surface area (Å²) in [4.78, 5) is 11.9. The van der Waals surface area contributed by atoms with E-state index in [1.54, 1.807) is 30.3 Å². The van der Waals surface area contributed by atoms with Gasteiger partial charge in [0.15, 0.2) is 11.0 Å². The smallest absolute Gasteiger partial charge is 0.230 e. The molecule has 1 aliphatic rings. The third-order valence-corrected chi connectivity index (χ3v) is 5.12. The van der Waals surface area contributed by atoms with Crippen molar-refractivity contribution in [3.63, 3.8) is 0 Å². The number of amides is 1. The van der Waals surface area contributed by atoms with E-state index in [4.69, 9.17) is 16.3 Å². The summed E-state index contributed by atoms with van der Waals surface area (Å²) in [7, 11) is 0. The standard InChI is InChI=1S/C18H21ClN4O2S/c1-2-9-23-16(11-25-15-7-5-14(19)6-8-15)21-22-18(23)26-12-17(24)20-10-13-3-4-13/h2,5-8,13H,1,3-4,9-12H2,(H,20,24). The van der Waals surface area contributed by atoms with Crippen LogP contribution in [-0.4, -0.2) is 33.0 Å². The Morgan fingerprint density at radius 3 is 2.85 bits per heavy atom. The number of nitrogens with one attached hydrogen (secondary N) is 1. The first-order chi connectivity index (χ1) is 12.7. The van der Waals surface area contributed by atoms with Crippen LogP contribution in [0.1, 0.15) is 18.7 Å². The Hall–Kier alpha value is -1.99. The topological polar surface area (TPSA) is 69.0 Å². The molecule has 0 saturated heterocycles. The van der Waals surface area contributed by atoms with Gasteiger partial charge in [0.2, 0.25) is 5.91 Å². The van der Waals surface area contributed by atoms with Crippen molar-refractivity contribution in [3.8, 4) is 5.75 Å². The molecule has 1 N–H and O–H groups in total. The minimum atomic E-state index is 0.0222. The van der Waals surface area contributed by atoms with Crippen LogP contribution in [0.4, 0.5) is 0 Å². The Kier molecular flexibility index (Phi) is 6.57. The maximum absolute atomic E-state index is 11.9. The maximum Gasteiger partial charge on any atom is 0.230 e. The lowest BCUT2D eigenvalue weighted by Crippen LogP contribution is -2.27. The van der Waals surface area contributed by atoms with Gasteiger partial charge in [-0.25, -0.2) is 0 Å². The van der Waals surface area contributed by atoms with Gasteiger partial charge in [0.25, 0.3) is 0 Å². The maximum atomic E-state index is 11.9. The third kappa shape index (κ3) is 5.51. The van der Waals surface area contributed by atoms with Crippen LogP contribution < -0.4 is 10.1 Å². The van der Waals surface area contributed by atoms with Crippen LogP contribution >= 0.6 is 23.4 Å². The number of thioether (sulfide) groups is 1.